The van der Waals surface area contributed by atoms with Crippen molar-refractivity contribution in [3.05, 3.63) is 57.6 Å². The van der Waals surface area contributed by atoms with Gasteiger partial charge in [0.05, 0.1) is 23.9 Å². The maximum absolute atomic E-state index is 13.0. The number of hydrogen-bond donors (Lipinski definition) is 0. The SMILES string of the molecule is CCc1nn2c(nnc3c(=O)n(CC4CCCO4)ccc32)c1-c1ccc(Cl)cc1. The number of rotatable bonds is 4. The summed E-state index contributed by atoms with van der Waals surface area (Å²) in [5, 5.41) is 14.1. The van der Waals surface area contributed by atoms with Crippen molar-refractivity contribution in [1.82, 2.24) is 24.4 Å². The highest BCUT2D eigenvalue weighted by molar-refractivity contribution is 6.30. The molecule has 5 rings (SSSR count). The summed E-state index contributed by atoms with van der Waals surface area (Å²) in [4.78, 5) is 13.0. The molecule has 8 heteroatoms. The topological polar surface area (TPSA) is 74.3 Å². The summed E-state index contributed by atoms with van der Waals surface area (Å²) in [7, 11) is 0. The first-order valence-corrected chi connectivity index (χ1v) is 10.2. The van der Waals surface area contributed by atoms with Gasteiger partial charge in [-0.25, -0.2) is 4.52 Å². The summed E-state index contributed by atoms with van der Waals surface area (Å²) < 4.78 is 9.04. The number of benzene rings is 1. The normalized spacial score (nSPS) is 16.8. The lowest BCUT2D eigenvalue weighted by Crippen LogP contribution is -2.27. The largest absolute Gasteiger partial charge is 0.376 e. The minimum absolute atomic E-state index is 0.0785. The van der Waals surface area contributed by atoms with Gasteiger partial charge in [0.2, 0.25) is 0 Å². The molecule has 3 aromatic heterocycles. The molecular weight excluding hydrogens is 390 g/mol. The van der Waals surface area contributed by atoms with E-state index >= 15 is 0 Å². The molecule has 1 aromatic carbocycles. The summed E-state index contributed by atoms with van der Waals surface area (Å²) in [6.45, 7) is 3.34. The Balaban J connectivity index is 1.68. The summed E-state index contributed by atoms with van der Waals surface area (Å²) in [6, 6.07) is 9.47. The van der Waals surface area contributed by atoms with E-state index in [9.17, 15) is 4.79 Å². The fraction of sp³-hybridized carbons (Fsp3) is 0.333. The highest BCUT2D eigenvalue weighted by Gasteiger charge is 2.20. The Bertz CT molecular complexity index is 1260. The van der Waals surface area contributed by atoms with Crippen LogP contribution in [0.25, 0.3) is 27.8 Å². The zero-order valence-electron chi connectivity index (χ0n) is 16.0. The Labute approximate surface area is 171 Å². The Morgan fingerprint density at radius 3 is 2.76 bits per heavy atom. The predicted molar refractivity (Wildman–Crippen MR) is 111 cm³/mol. The molecule has 0 bridgehead atoms. The van der Waals surface area contributed by atoms with E-state index in [0.717, 1.165) is 42.7 Å². The first kappa shape index (κ1) is 18.3. The van der Waals surface area contributed by atoms with Crippen molar-refractivity contribution in [3.8, 4) is 11.1 Å². The first-order chi connectivity index (χ1) is 14.2. The van der Waals surface area contributed by atoms with E-state index in [0.29, 0.717) is 28.2 Å². The number of ether oxygens (including phenoxy) is 1. The second-order valence-corrected chi connectivity index (χ2v) is 7.70. The molecule has 4 heterocycles. The molecule has 1 fully saturated rings. The van der Waals surface area contributed by atoms with Crippen molar-refractivity contribution in [1.29, 1.82) is 0 Å². The Hall–Kier alpha value is -2.77. The van der Waals surface area contributed by atoms with Crippen LogP contribution in [0.15, 0.2) is 41.3 Å². The van der Waals surface area contributed by atoms with Crippen LogP contribution in [-0.2, 0) is 17.7 Å². The molecule has 1 aliphatic rings. The second-order valence-electron chi connectivity index (χ2n) is 7.26. The molecule has 0 amide bonds. The molecule has 1 saturated heterocycles. The molecule has 0 radical (unpaired) electrons. The van der Waals surface area contributed by atoms with Gasteiger partial charge in [-0.15, -0.1) is 10.2 Å². The number of aromatic nitrogens is 5. The fourth-order valence-corrected chi connectivity index (χ4v) is 4.07. The standard InChI is InChI=1S/C21H20ClN5O2/c1-2-16-18(13-5-7-14(22)8-6-13)20-24-23-19-17(27(20)25-16)9-10-26(21(19)28)12-15-4-3-11-29-15/h5-10,15H,2-4,11-12H2,1H3. The van der Waals surface area contributed by atoms with Gasteiger partial charge in [-0.05, 0) is 43.0 Å². The van der Waals surface area contributed by atoms with Gasteiger partial charge in [0, 0.05) is 17.8 Å². The minimum atomic E-state index is -0.172. The van der Waals surface area contributed by atoms with Crippen molar-refractivity contribution in [3.63, 3.8) is 0 Å². The maximum atomic E-state index is 13.0. The Kier molecular flexibility index (Phi) is 4.56. The fourth-order valence-electron chi connectivity index (χ4n) is 3.94. The van der Waals surface area contributed by atoms with Crippen LogP contribution in [0.4, 0.5) is 0 Å². The Morgan fingerprint density at radius 1 is 1.21 bits per heavy atom. The maximum Gasteiger partial charge on any atom is 0.280 e. The van der Waals surface area contributed by atoms with Crippen LogP contribution in [-0.4, -0.2) is 37.1 Å². The van der Waals surface area contributed by atoms with Crippen molar-refractivity contribution < 1.29 is 4.74 Å². The van der Waals surface area contributed by atoms with E-state index < -0.39 is 0 Å². The van der Waals surface area contributed by atoms with Gasteiger partial charge in [-0.1, -0.05) is 30.7 Å². The van der Waals surface area contributed by atoms with Gasteiger partial charge in [0.1, 0.15) is 5.52 Å². The molecule has 1 atom stereocenters. The number of fused-ring (bicyclic) bond motifs is 3. The molecule has 1 aliphatic heterocycles. The van der Waals surface area contributed by atoms with Crippen LogP contribution in [0.1, 0.15) is 25.5 Å². The quantitative estimate of drug-likeness (QED) is 0.515. The predicted octanol–water partition coefficient (Wildman–Crippen LogP) is 3.50. The third-order valence-corrected chi connectivity index (χ3v) is 5.67. The summed E-state index contributed by atoms with van der Waals surface area (Å²) in [5.41, 5.74) is 4.22. The summed E-state index contributed by atoms with van der Waals surface area (Å²) in [6.07, 6.45) is 4.61. The lowest BCUT2D eigenvalue weighted by atomic mass is 10.0. The zero-order valence-corrected chi connectivity index (χ0v) is 16.8. The van der Waals surface area contributed by atoms with E-state index in [2.05, 4.69) is 10.2 Å². The molecule has 4 aromatic rings. The summed E-state index contributed by atoms with van der Waals surface area (Å²) >= 11 is 6.04. The van der Waals surface area contributed by atoms with E-state index in [4.69, 9.17) is 21.4 Å². The smallest absolute Gasteiger partial charge is 0.280 e. The van der Waals surface area contributed by atoms with E-state index in [1.54, 1.807) is 15.3 Å². The van der Waals surface area contributed by atoms with Crippen LogP contribution < -0.4 is 5.56 Å². The summed E-state index contributed by atoms with van der Waals surface area (Å²) in [5.74, 6) is 0. The molecular formula is C21H20ClN5O2. The Morgan fingerprint density at radius 2 is 2.03 bits per heavy atom. The van der Waals surface area contributed by atoms with Crippen molar-refractivity contribution in [2.75, 3.05) is 6.61 Å². The van der Waals surface area contributed by atoms with E-state index in [1.807, 2.05) is 37.3 Å². The van der Waals surface area contributed by atoms with Crippen LogP contribution in [0.5, 0.6) is 0 Å². The molecule has 7 nitrogen and oxygen atoms in total. The number of nitrogens with zero attached hydrogens (tertiary/aromatic N) is 5. The zero-order chi connectivity index (χ0) is 20.0. The van der Waals surface area contributed by atoms with Crippen molar-refractivity contribution >= 4 is 28.3 Å². The van der Waals surface area contributed by atoms with Gasteiger partial charge < -0.3 is 9.30 Å². The van der Waals surface area contributed by atoms with Crippen LogP contribution in [0.2, 0.25) is 5.02 Å². The van der Waals surface area contributed by atoms with Gasteiger partial charge in [-0.3, -0.25) is 4.79 Å². The molecule has 148 valence electrons. The lowest BCUT2D eigenvalue weighted by molar-refractivity contribution is 0.0963. The second kappa shape index (κ2) is 7.24. The van der Waals surface area contributed by atoms with Crippen LogP contribution >= 0.6 is 11.6 Å². The first-order valence-electron chi connectivity index (χ1n) is 9.80. The third kappa shape index (κ3) is 3.10. The number of pyridine rings is 1. The van der Waals surface area contributed by atoms with E-state index in [-0.39, 0.29) is 11.7 Å². The van der Waals surface area contributed by atoms with Gasteiger partial charge in [0.25, 0.3) is 5.56 Å². The average molecular weight is 410 g/mol. The molecule has 0 saturated carbocycles. The highest BCUT2D eigenvalue weighted by Crippen LogP contribution is 2.29. The molecule has 1 unspecified atom stereocenters. The lowest BCUT2D eigenvalue weighted by Gasteiger charge is -2.12. The van der Waals surface area contributed by atoms with Crippen LogP contribution in [0.3, 0.4) is 0 Å². The van der Waals surface area contributed by atoms with Crippen molar-refractivity contribution in [2.24, 2.45) is 0 Å². The molecule has 0 N–H and O–H groups in total. The number of halogens is 1. The molecule has 0 aliphatic carbocycles. The third-order valence-electron chi connectivity index (χ3n) is 5.42. The minimum Gasteiger partial charge on any atom is -0.376 e. The monoisotopic (exact) mass is 409 g/mol. The average Bonchev–Trinajstić information content (AvgIpc) is 3.38. The van der Waals surface area contributed by atoms with E-state index in [1.165, 1.54) is 0 Å². The van der Waals surface area contributed by atoms with Gasteiger partial charge >= 0.3 is 0 Å². The molecule has 0 spiro atoms. The van der Waals surface area contributed by atoms with Gasteiger partial charge in [0.15, 0.2) is 11.2 Å². The van der Waals surface area contributed by atoms with Crippen molar-refractivity contribution in [2.45, 2.75) is 38.8 Å². The van der Waals surface area contributed by atoms with Gasteiger partial charge in [-0.2, -0.15) is 5.10 Å². The van der Waals surface area contributed by atoms with Crippen LogP contribution in [0, 0.1) is 0 Å². The number of aryl methyl sites for hydroxylation is 1. The number of hydrogen-bond acceptors (Lipinski definition) is 5. The highest BCUT2D eigenvalue weighted by atomic mass is 35.5. The molecule has 29 heavy (non-hydrogen) atoms.